The molecule has 3 heterocycles. The molecule has 2 unspecified atom stereocenters. The molecule has 3 nitrogen and oxygen atoms in total. The quantitative estimate of drug-likeness (QED) is 0.877. The van der Waals surface area contributed by atoms with E-state index in [4.69, 9.17) is 4.74 Å². The maximum Gasteiger partial charge on any atom is 0.122 e. The van der Waals surface area contributed by atoms with Gasteiger partial charge in [-0.05, 0) is 36.5 Å². The highest BCUT2D eigenvalue weighted by Crippen LogP contribution is 2.27. The van der Waals surface area contributed by atoms with E-state index in [1.54, 1.807) is 0 Å². The molecule has 0 aromatic heterocycles. The minimum Gasteiger partial charge on any atom is -0.493 e. The van der Waals surface area contributed by atoms with E-state index < -0.39 is 0 Å². The van der Waals surface area contributed by atoms with Crippen LogP contribution in [0.5, 0.6) is 5.75 Å². The second kappa shape index (κ2) is 4.80. The minimum atomic E-state index is 0.727. The molecule has 3 aliphatic heterocycles. The van der Waals surface area contributed by atoms with Gasteiger partial charge in [-0.2, -0.15) is 0 Å². The van der Waals surface area contributed by atoms with E-state index in [0.717, 1.165) is 37.4 Å². The summed E-state index contributed by atoms with van der Waals surface area (Å²) in [6.07, 6.45) is 5.13. The van der Waals surface area contributed by atoms with Gasteiger partial charge >= 0.3 is 0 Å². The van der Waals surface area contributed by atoms with Crippen molar-refractivity contribution >= 4 is 0 Å². The van der Waals surface area contributed by atoms with Crippen molar-refractivity contribution in [2.45, 2.75) is 44.3 Å². The fraction of sp³-hybridized carbons (Fsp3) is 0.625. The normalized spacial score (nSPS) is 29.9. The molecule has 1 aromatic carbocycles. The van der Waals surface area contributed by atoms with Crippen LogP contribution in [0, 0.1) is 0 Å². The summed E-state index contributed by atoms with van der Waals surface area (Å²) in [4.78, 5) is 2.62. The van der Waals surface area contributed by atoms with Gasteiger partial charge in [-0.25, -0.2) is 0 Å². The van der Waals surface area contributed by atoms with Crippen LogP contribution >= 0.6 is 0 Å². The van der Waals surface area contributed by atoms with Crippen LogP contribution in [-0.2, 0) is 13.0 Å². The van der Waals surface area contributed by atoms with E-state index in [1.807, 2.05) is 0 Å². The fourth-order valence-electron chi connectivity index (χ4n) is 3.76. The maximum atomic E-state index is 5.58. The molecule has 2 saturated heterocycles. The molecule has 2 bridgehead atoms. The predicted octanol–water partition coefficient (Wildman–Crippen LogP) is 1.95. The Kier molecular flexibility index (Phi) is 2.97. The summed E-state index contributed by atoms with van der Waals surface area (Å²) in [5.74, 6) is 1.10. The Hall–Kier alpha value is -1.06. The van der Waals surface area contributed by atoms with E-state index in [-0.39, 0.29) is 0 Å². The van der Waals surface area contributed by atoms with Crippen molar-refractivity contribution in [1.29, 1.82) is 0 Å². The van der Waals surface area contributed by atoms with Crippen LogP contribution in [0.1, 0.15) is 30.4 Å². The summed E-state index contributed by atoms with van der Waals surface area (Å²) in [7, 11) is 0. The molecule has 1 N–H and O–H groups in total. The third kappa shape index (κ3) is 2.37. The third-order valence-corrected chi connectivity index (χ3v) is 4.77. The number of nitrogens with zero attached hydrogens (tertiary/aromatic N) is 1. The molecule has 0 spiro atoms. The van der Waals surface area contributed by atoms with E-state index in [9.17, 15) is 0 Å². The lowest BCUT2D eigenvalue weighted by Gasteiger charge is -2.24. The standard InChI is InChI=1S/C16H22N2O/c1-4-16-13(6-8-19-16)9-12(1)10-18-7-5-14-2-3-15(11-18)17-14/h1,4,9,14-15,17H,2-3,5-8,10-11H2. The van der Waals surface area contributed by atoms with E-state index >= 15 is 0 Å². The second-order valence-corrected chi connectivity index (χ2v) is 6.20. The van der Waals surface area contributed by atoms with Gasteiger partial charge in [-0.3, -0.25) is 4.90 Å². The summed E-state index contributed by atoms with van der Waals surface area (Å²) in [6, 6.07) is 8.24. The molecular weight excluding hydrogens is 236 g/mol. The molecule has 3 aliphatic rings. The van der Waals surface area contributed by atoms with Crippen molar-refractivity contribution in [1.82, 2.24) is 10.2 Å². The molecule has 1 aromatic rings. The summed E-state index contributed by atoms with van der Waals surface area (Å²) in [5.41, 5.74) is 2.84. The molecule has 2 fully saturated rings. The highest BCUT2D eigenvalue weighted by molar-refractivity contribution is 5.39. The maximum absolute atomic E-state index is 5.58. The summed E-state index contributed by atoms with van der Waals surface area (Å²) < 4.78 is 5.58. The Morgan fingerprint density at radius 2 is 2.16 bits per heavy atom. The Balaban J connectivity index is 1.46. The fourth-order valence-corrected chi connectivity index (χ4v) is 3.76. The lowest BCUT2D eigenvalue weighted by molar-refractivity contribution is 0.251. The smallest absolute Gasteiger partial charge is 0.122 e. The number of rotatable bonds is 2. The topological polar surface area (TPSA) is 24.5 Å². The van der Waals surface area contributed by atoms with Crippen molar-refractivity contribution in [2.24, 2.45) is 0 Å². The molecule has 0 radical (unpaired) electrons. The third-order valence-electron chi connectivity index (χ3n) is 4.77. The molecular formula is C16H22N2O. The van der Waals surface area contributed by atoms with E-state index in [0.29, 0.717) is 0 Å². The van der Waals surface area contributed by atoms with Crippen LogP contribution in [0.4, 0.5) is 0 Å². The van der Waals surface area contributed by atoms with Crippen LogP contribution < -0.4 is 10.1 Å². The van der Waals surface area contributed by atoms with Crippen molar-refractivity contribution in [2.75, 3.05) is 19.7 Å². The van der Waals surface area contributed by atoms with Gasteiger partial charge in [0.2, 0.25) is 0 Å². The Morgan fingerprint density at radius 3 is 3.16 bits per heavy atom. The first-order valence-electron chi connectivity index (χ1n) is 7.60. The number of benzene rings is 1. The lowest BCUT2D eigenvalue weighted by Crippen LogP contribution is -2.34. The zero-order valence-corrected chi connectivity index (χ0v) is 11.4. The van der Waals surface area contributed by atoms with Crippen LogP contribution in [0.2, 0.25) is 0 Å². The SMILES string of the molecule is c1cc2c(cc1CN1CCC3CCC(C1)N3)CCO2. The van der Waals surface area contributed by atoms with Gasteiger partial charge in [0.15, 0.2) is 0 Å². The van der Waals surface area contributed by atoms with Crippen LogP contribution in [0.15, 0.2) is 18.2 Å². The number of hydrogen-bond acceptors (Lipinski definition) is 3. The molecule has 102 valence electrons. The number of hydrogen-bond donors (Lipinski definition) is 1. The molecule has 19 heavy (non-hydrogen) atoms. The van der Waals surface area contributed by atoms with Crippen LogP contribution in [0.25, 0.3) is 0 Å². The van der Waals surface area contributed by atoms with E-state index in [1.165, 1.54) is 43.5 Å². The largest absolute Gasteiger partial charge is 0.493 e. The van der Waals surface area contributed by atoms with Crippen molar-refractivity contribution in [3.05, 3.63) is 29.3 Å². The van der Waals surface area contributed by atoms with Crippen molar-refractivity contribution in [3.63, 3.8) is 0 Å². The summed E-state index contributed by atoms with van der Waals surface area (Å²) >= 11 is 0. The van der Waals surface area contributed by atoms with Gasteiger partial charge in [-0.1, -0.05) is 12.1 Å². The van der Waals surface area contributed by atoms with Crippen LogP contribution in [0.3, 0.4) is 0 Å². The number of nitrogens with one attached hydrogen (secondary N) is 1. The van der Waals surface area contributed by atoms with Gasteiger partial charge in [0.1, 0.15) is 5.75 Å². The average Bonchev–Trinajstić information content (AvgIpc) is 2.98. The van der Waals surface area contributed by atoms with E-state index in [2.05, 4.69) is 28.4 Å². The highest BCUT2D eigenvalue weighted by atomic mass is 16.5. The van der Waals surface area contributed by atoms with Gasteiger partial charge < -0.3 is 10.1 Å². The zero-order valence-electron chi connectivity index (χ0n) is 11.4. The number of likely N-dealkylation sites (tertiary alicyclic amines) is 1. The van der Waals surface area contributed by atoms with Gasteiger partial charge in [-0.15, -0.1) is 0 Å². The second-order valence-electron chi connectivity index (χ2n) is 6.20. The number of ether oxygens (including phenoxy) is 1. The first-order valence-corrected chi connectivity index (χ1v) is 7.60. The van der Waals surface area contributed by atoms with Gasteiger partial charge in [0.05, 0.1) is 6.61 Å². The highest BCUT2D eigenvalue weighted by Gasteiger charge is 2.29. The van der Waals surface area contributed by atoms with Crippen molar-refractivity contribution < 1.29 is 4.74 Å². The predicted molar refractivity (Wildman–Crippen MR) is 75.5 cm³/mol. The first-order chi connectivity index (χ1) is 9.37. The Labute approximate surface area is 114 Å². The first kappa shape index (κ1) is 11.7. The molecule has 0 amide bonds. The van der Waals surface area contributed by atoms with Gasteiger partial charge in [0.25, 0.3) is 0 Å². The minimum absolute atomic E-state index is 0.727. The van der Waals surface area contributed by atoms with Gasteiger partial charge in [0, 0.05) is 38.1 Å². The lowest BCUT2D eigenvalue weighted by atomic mass is 10.1. The Bertz CT molecular complexity index is 474. The monoisotopic (exact) mass is 258 g/mol. The Morgan fingerprint density at radius 1 is 1.21 bits per heavy atom. The molecule has 0 aliphatic carbocycles. The number of fused-ring (bicyclic) bond motifs is 3. The zero-order chi connectivity index (χ0) is 12.7. The summed E-state index contributed by atoms with van der Waals surface area (Å²) in [5, 5.41) is 3.75. The average molecular weight is 258 g/mol. The van der Waals surface area contributed by atoms with Crippen LogP contribution in [-0.4, -0.2) is 36.7 Å². The van der Waals surface area contributed by atoms with Crippen molar-refractivity contribution in [3.8, 4) is 5.75 Å². The molecule has 3 heteroatoms. The summed E-state index contributed by atoms with van der Waals surface area (Å²) in [6.45, 7) is 4.40. The molecule has 2 atom stereocenters. The molecule has 4 rings (SSSR count). The molecule has 0 saturated carbocycles.